The highest BCUT2D eigenvalue weighted by Gasteiger charge is 2.27. The molecule has 0 fully saturated rings. The van der Waals surface area contributed by atoms with E-state index in [0.29, 0.717) is 17.4 Å². The Morgan fingerprint density at radius 2 is 0.587 bits per heavy atom. The topological polar surface area (TPSA) is 108 Å². The summed E-state index contributed by atoms with van der Waals surface area (Å²) in [6.45, 7) is 4.22. The Morgan fingerprint density at radius 3 is 0.870 bits per heavy atom. The number of allylic oxidation sites excluding steroid dienone is 22. The van der Waals surface area contributed by atoms with Gasteiger partial charge in [0.25, 0.3) is 0 Å². The van der Waals surface area contributed by atoms with Crippen LogP contribution < -0.4 is 0 Å². The Bertz CT molecular complexity index is 2020. The summed E-state index contributed by atoms with van der Waals surface area (Å²) in [7, 11) is 1.47. The minimum atomic E-state index is -4.40. The largest absolute Gasteiger partial charge is 0.472 e. The first-order valence-corrected chi connectivity index (χ1v) is 39.4. The standard InChI is InChI=1S/C82H142NO8P/c1-6-8-10-12-14-16-18-20-22-24-26-28-30-32-34-36-37-38-39-40-41-42-43-44-45-47-48-50-52-54-56-58-60-62-64-66-68-70-72-74-81(84)88-78-80(79-90-92(86,87)89-77-76-83(3,4)5)91-82(85)75-73-71-69-67-65-63-61-59-57-55-53-51-49-46-35-33-31-29-27-25-23-21-19-17-15-13-11-9-7-2/h8-11,14-17,20-23,26-29,33,35,49,51,55,57,80H,6-7,12-13,18-19,24-25,30-32,34,36-48,50,52-54,56,58-79H2,1-5H3/p+1/b10-8-,11-9-,16-14-,17-15-,22-20-,23-21-,28-26-,29-27-,35-33-,51-49-,57-55-. The average molecular weight is 1300 g/mol. The van der Waals surface area contributed by atoms with Crippen LogP contribution in [0.5, 0.6) is 0 Å². The normalized spacial score (nSPS) is 13.8. The predicted molar refractivity (Wildman–Crippen MR) is 399 cm³/mol. The summed E-state index contributed by atoms with van der Waals surface area (Å²) in [6.07, 6.45) is 104. The number of phosphoric ester groups is 1. The molecule has 0 heterocycles. The third-order valence-electron chi connectivity index (χ3n) is 16.2. The first-order valence-electron chi connectivity index (χ1n) is 37.9. The van der Waals surface area contributed by atoms with Crippen LogP contribution >= 0.6 is 7.82 Å². The van der Waals surface area contributed by atoms with E-state index >= 15 is 0 Å². The molecule has 0 aromatic rings. The summed E-state index contributed by atoms with van der Waals surface area (Å²) in [6, 6.07) is 0. The fourth-order valence-corrected chi connectivity index (χ4v) is 11.2. The molecule has 9 nitrogen and oxygen atoms in total. The number of likely N-dealkylation sites (N-methyl/N-ethyl adjacent to an activating group) is 1. The van der Waals surface area contributed by atoms with Crippen LogP contribution in [-0.4, -0.2) is 74.9 Å². The first kappa shape index (κ1) is 88.2. The molecule has 2 unspecified atom stereocenters. The zero-order valence-corrected chi connectivity index (χ0v) is 61.1. The van der Waals surface area contributed by atoms with Gasteiger partial charge in [-0.2, -0.15) is 0 Å². The van der Waals surface area contributed by atoms with Crippen LogP contribution in [0.1, 0.15) is 322 Å². The summed E-state index contributed by atoms with van der Waals surface area (Å²) in [4.78, 5) is 35.9. The average Bonchev–Trinajstić information content (AvgIpc) is 2.14. The Labute approximate surface area is 568 Å². The number of hydrogen-bond acceptors (Lipinski definition) is 7. The van der Waals surface area contributed by atoms with Crippen LogP contribution in [0.2, 0.25) is 0 Å². The van der Waals surface area contributed by atoms with E-state index in [9.17, 15) is 19.0 Å². The summed E-state index contributed by atoms with van der Waals surface area (Å²) < 4.78 is 34.8. The summed E-state index contributed by atoms with van der Waals surface area (Å²) in [5, 5.41) is 0. The van der Waals surface area contributed by atoms with Crippen molar-refractivity contribution in [1.29, 1.82) is 0 Å². The molecule has 0 aliphatic carbocycles. The van der Waals surface area contributed by atoms with Gasteiger partial charge in [0.05, 0.1) is 27.7 Å². The monoisotopic (exact) mass is 1300 g/mol. The molecule has 0 rings (SSSR count). The van der Waals surface area contributed by atoms with Gasteiger partial charge in [-0.15, -0.1) is 0 Å². The second-order valence-electron chi connectivity index (χ2n) is 26.3. The van der Waals surface area contributed by atoms with Crippen molar-refractivity contribution in [2.24, 2.45) is 0 Å². The number of unbranched alkanes of at least 4 members (excludes halogenated alkanes) is 33. The van der Waals surface area contributed by atoms with Crippen molar-refractivity contribution >= 4 is 19.8 Å². The fourth-order valence-electron chi connectivity index (χ4n) is 10.5. The number of quaternary nitrogens is 1. The van der Waals surface area contributed by atoms with Crippen molar-refractivity contribution in [2.75, 3.05) is 47.5 Å². The minimum absolute atomic E-state index is 0.0249. The zero-order chi connectivity index (χ0) is 66.9. The number of ether oxygens (including phenoxy) is 2. The molecule has 0 aliphatic heterocycles. The molecular formula is C82H143NO8P+. The number of phosphoric acid groups is 1. The molecule has 2 atom stereocenters. The Balaban J connectivity index is 3.99. The van der Waals surface area contributed by atoms with E-state index in [1.54, 1.807) is 0 Å². The zero-order valence-electron chi connectivity index (χ0n) is 60.2. The van der Waals surface area contributed by atoms with Crippen molar-refractivity contribution in [3.05, 3.63) is 134 Å². The Hall–Kier alpha value is -3.85. The van der Waals surface area contributed by atoms with E-state index < -0.39 is 26.5 Å². The molecule has 528 valence electrons. The molecule has 0 aliphatic rings. The molecule has 0 saturated carbocycles. The third kappa shape index (κ3) is 75.2. The highest BCUT2D eigenvalue weighted by molar-refractivity contribution is 7.47. The van der Waals surface area contributed by atoms with Gasteiger partial charge in [0.1, 0.15) is 19.8 Å². The maximum atomic E-state index is 12.9. The maximum Gasteiger partial charge on any atom is 0.472 e. The van der Waals surface area contributed by atoms with Crippen molar-refractivity contribution < 1.29 is 42.1 Å². The number of rotatable bonds is 69. The molecule has 0 amide bonds. The van der Waals surface area contributed by atoms with E-state index in [4.69, 9.17) is 18.5 Å². The van der Waals surface area contributed by atoms with Gasteiger partial charge in [-0.05, 0) is 109 Å². The van der Waals surface area contributed by atoms with Crippen molar-refractivity contribution in [2.45, 2.75) is 328 Å². The van der Waals surface area contributed by atoms with Gasteiger partial charge >= 0.3 is 19.8 Å². The lowest BCUT2D eigenvalue weighted by Crippen LogP contribution is -2.37. The highest BCUT2D eigenvalue weighted by atomic mass is 31.2. The maximum absolute atomic E-state index is 12.9. The van der Waals surface area contributed by atoms with Crippen molar-refractivity contribution in [1.82, 2.24) is 0 Å². The second kappa shape index (κ2) is 71.4. The molecule has 0 radical (unpaired) electrons. The highest BCUT2D eigenvalue weighted by Crippen LogP contribution is 2.43. The summed E-state index contributed by atoms with van der Waals surface area (Å²) >= 11 is 0. The van der Waals surface area contributed by atoms with Crippen LogP contribution in [0.15, 0.2) is 134 Å². The third-order valence-corrected chi connectivity index (χ3v) is 17.2. The molecular weight excluding hydrogens is 1160 g/mol. The molecule has 92 heavy (non-hydrogen) atoms. The van der Waals surface area contributed by atoms with E-state index in [-0.39, 0.29) is 32.0 Å². The molecule has 10 heteroatoms. The molecule has 0 spiro atoms. The number of hydrogen-bond donors (Lipinski definition) is 1. The van der Waals surface area contributed by atoms with Crippen molar-refractivity contribution in [3.8, 4) is 0 Å². The fraction of sp³-hybridized carbons (Fsp3) is 0.707. The van der Waals surface area contributed by atoms with Crippen LogP contribution in [0.4, 0.5) is 0 Å². The lowest BCUT2D eigenvalue weighted by atomic mass is 10.0. The van der Waals surface area contributed by atoms with Crippen molar-refractivity contribution in [3.63, 3.8) is 0 Å². The molecule has 0 saturated heterocycles. The predicted octanol–water partition coefficient (Wildman–Crippen LogP) is 25.2. The number of esters is 2. The van der Waals surface area contributed by atoms with Gasteiger partial charge in [-0.25, -0.2) is 4.57 Å². The van der Waals surface area contributed by atoms with Gasteiger partial charge in [-0.3, -0.25) is 18.6 Å². The lowest BCUT2D eigenvalue weighted by Gasteiger charge is -2.24. The Morgan fingerprint density at radius 1 is 0.337 bits per heavy atom. The Kier molecular flexibility index (Phi) is 68.5. The molecule has 0 bridgehead atoms. The van der Waals surface area contributed by atoms with Crippen LogP contribution in [0.3, 0.4) is 0 Å². The van der Waals surface area contributed by atoms with E-state index in [2.05, 4.69) is 148 Å². The minimum Gasteiger partial charge on any atom is -0.462 e. The SMILES string of the molecule is CC/C=C\C/C=C\C/C=C\C/C=C\C/C=C\C/C=C\C/C=C\CCCCCCCCCC(=O)OC(COC(=O)CCCCCCCCCCCCCCCCCCCCCCCCCCCC/C=C\C/C=C\C/C=C\C/C=C\CC)COP(=O)(O)OCC[N+](C)(C)C. The summed E-state index contributed by atoms with van der Waals surface area (Å²) in [5.41, 5.74) is 0. The van der Waals surface area contributed by atoms with Gasteiger partial charge in [-0.1, -0.05) is 334 Å². The van der Waals surface area contributed by atoms with Crippen LogP contribution in [0, 0.1) is 0 Å². The number of carbonyl (C=O) groups is 2. The number of carbonyl (C=O) groups excluding carboxylic acids is 2. The van der Waals surface area contributed by atoms with E-state index in [0.717, 1.165) is 116 Å². The summed E-state index contributed by atoms with van der Waals surface area (Å²) in [5.74, 6) is -0.805. The van der Waals surface area contributed by atoms with Gasteiger partial charge in [0, 0.05) is 12.8 Å². The lowest BCUT2D eigenvalue weighted by molar-refractivity contribution is -0.870. The van der Waals surface area contributed by atoms with E-state index in [1.165, 1.54) is 173 Å². The van der Waals surface area contributed by atoms with Gasteiger partial charge < -0.3 is 18.9 Å². The van der Waals surface area contributed by atoms with Gasteiger partial charge in [0.2, 0.25) is 0 Å². The van der Waals surface area contributed by atoms with Crippen LogP contribution in [0.25, 0.3) is 0 Å². The van der Waals surface area contributed by atoms with E-state index in [1.807, 2.05) is 21.1 Å². The molecule has 0 aromatic heterocycles. The quantitative estimate of drug-likeness (QED) is 0.0211. The second-order valence-corrected chi connectivity index (χ2v) is 27.7. The van der Waals surface area contributed by atoms with Gasteiger partial charge in [0.15, 0.2) is 6.10 Å². The first-order chi connectivity index (χ1) is 45.0. The molecule has 1 N–H and O–H groups in total. The smallest absolute Gasteiger partial charge is 0.462 e. The van der Waals surface area contributed by atoms with Crippen LogP contribution in [-0.2, 0) is 32.7 Å². The number of nitrogens with zero attached hydrogens (tertiary/aromatic N) is 1. The molecule has 0 aromatic carbocycles.